The molecule has 1 aliphatic rings. The molecule has 0 spiro atoms. The topological polar surface area (TPSA) is 83.6 Å². The molecule has 146 valence electrons. The third-order valence-electron chi connectivity index (χ3n) is 4.38. The smallest absolute Gasteiger partial charge is 0.243 e. The maximum Gasteiger partial charge on any atom is 0.243 e. The van der Waals surface area contributed by atoms with E-state index in [-0.39, 0.29) is 17.2 Å². The van der Waals surface area contributed by atoms with Crippen molar-refractivity contribution < 1.29 is 16.8 Å². The number of halogens is 1. The molecule has 0 amide bonds. The minimum absolute atomic E-state index is 0.0428. The molecule has 0 bridgehead atoms. The third-order valence-corrected chi connectivity index (χ3v) is 7.98. The molecule has 0 aromatic heterocycles. The van der Waals surface area contributed by atoms with Crippen molar-refractivity contribution in [2.24, 2.45) is 0 Å². The fraction of sp³-hybridized carbons (Fsp3) is 0.333. The summed E-state index contributed by atoms with van der Waals surface area (Å²) in [4.78, 5) is 0.190. The van der Waals surface area contributed by atoms with Crippen LogP contribution in [0.15, 0.2) is 47.4 Å². The Balaban J connectivity index is 1.84. The van der Waals surface area contributed by atoms with E-state index in [1.165, 1.54) is 16.4 Å². The molecule has 27 heavy (non-hydrogen) atoms. The number of benzene rings is 2. The molecule has 1 N–H and O–H groups in total. The van der Waals surface area contributed by atoms with E-state index in [0.29, 0.717) is 30.1 Å². The average Bonchev–Trinajstić information content (AvgIpc) is 2.61. The highest BCUT2D eigenvalue weighted by molar-refractivity contribution is 7.92. The predicted octanol–water partition coefficient (Wildman–Crippen LogP) is 3.24. The van der Waals surface area contributed by atoms with Gasteiger partial charge in [0, 0.05) is 23.8 Å². The molecule has 0 aliphatic carbocycles. The number of anilines is 1. The number of fused-ring (bicyclic) bond motifs is 1. The van der Waals surface area contributed by atoms with E-state index in [1.54, 1.807) is 31.2 Å². The first-order chi connectivity index (χ1) is 12.7. The Morgan fingerprint density at radius 1 is 1.04 bits per heavy atom. The first-order valence-electron chi connectivity index (χ1n) is 8.59. The van der Waals surface area contributed by atoms with Crippen LogP contribution in [-0.2, 0) is 33.0 Å². The zero-order valence-electron chi connectivity index (χ0n) is 14.9. The summed E-state index contributed by atoms with van der Waals surface area (Å²) < 4.78 is 53.7. The number of nitrogens with zero attached hydrogens (tertiary/aromatic N) is 1. The van der Waals surface area contributed by atoms with Gasteiger partial charge in [-0.1, -0.05) is 24.6 Å². The molecule has 2 aromatic rings. The Labute approximate surface area is 165 Å². The van der Waals surface area contributed by atoms with Crippen molar-refractivity contribution in [3.63, 3.8) is 0 Å². The summed E-state index contributed by atoms with van der Waals surface area (Å²) in [6.07, 6.45) is 1.09. The molecular formula is C18H21ClN2O4S2. The van der Waals surface area contributed by atoms with Gasteiger partial charge in [0.1, 0.15) is 0 Å². The maximum absolute atomic E-state index is 12.9. The molecule has 1 aliphatic heterocycles. The number of hydrogen-bond acceptors (Lipinski definition) is 4. The van der Waals surface area contributed by atoms with Gasteiger partial charge in [-0.05, 0) is 60.4 Å². The van der Waals surface area contributed by atoms with E-state index in [0.717, 1.165) is 11.1 Å². The number of rotatable bonds is 6. The van der Waals surface area contributed by atoms with Gasteiger partial charge in [0.2, 0.25) is 20.0 Å². The van der Waals surface area contributed by atoms with Crippen molar-refractivity contribution in [3.8, 4) is 0 Å². The Hall–Kier alpha value is -1.61. The van der Waals surface area contributed by atoms with Gasteiger partial charge < -0.3 is 0 Å². The van der Waals surface area contributed by atoms with Crippen LogP contribution in [0.2, 0.25) is 5.02 Å². The number of hydrogen-bond donors (Lipinski definition) is 1. The molecule has 3 rings (SSSR count). The number of sulfonamides is 2. The molecule has 9 heteroatoms. The molecule has 0 atom stereocenters. The van der Waals surface area contributed by atoms with Gasteiger partial charge in [-0.15, -0.1) is 0 Å². The fourth-order valence-corrected chi connectivity index (χ4v) is 5.73. The van der Waals surface area contributed by atoms with Gasteiger partial charge in [0.25, 0.3) is 0 Å². The van der Waals surface area contributed by atoms with Crippen molar-refractivity contribution in [1.82, 2.24) is 4.31 Å². The standard InChI is InChI=1S/C18H21ClN2O4S2/c1-2-11-26(22,23)20-17-6-3-14-9-10-21(13-15(14)12-17)27(24,25)18-7-4-16(19)5-8-18/h3-8,12,20H,2,9-11,13H2,1H3. The van der Waals surface area contributed by atoms with Crippen molar-refractivity contribution in [3.05, 3.63) is 58.6 Å². The molecule has 6 nitrogen and oxygen atoms in total. The SMILES string of the molecule is CCCS(=O)(=O)Nc1ccc2c(c1)CN(S(=O)(=O)c1ccc(Cl)cc1)CC2. The second-order valence-corrected chi connectivity index (χ2v) is 10.7. The summed E-state index contributed by atoms with van der Waals surface area (Å²) >= 11 is 5.84. The second-order valence-electron chi connectivity index (χ2n) is 6.45. The summed E-state index contributed by atoms with van der Waals surface area (Å²) in [6, 6.07) is 11.4. The van der Waals surface area contributed by atoms with Crippen LogP contribution < -0.4 is 4.72 Å². The Bertz CT molecular complexity index is 1040. The van der Waals surface area contributed by atoms with Gasteiger partial charge >= 0.3 is 0 Å². The molecule has 0 unspecified atom stereocenters. The first kappa shape index (κ1) is 20.1. The van der Waals surface area contributed by atoms with Crippen molar-refractivity contribution in [2.75, 3.05) is 17.0 Å². The van der Waals surface area contributed by atoms with Crippen LogP contribution in [0.1, 0.15) is 24.5 Å². The van der Waals surface area contributed by atoms with Crippen LogP contribution in [0.3, 0.4) is 0 Å². The van der Waals surface area contributed by atoms with Crippen LogP contribution in [0.5, 0.6) is 0 Å². The van der Waals surface area contributed by atoms with Crippen LogP contribution in [-0.4, -0.2) is 33.4 Å². The van der Waals surface area contributed by atoms with Crippen LogP contribution in [0, 0.1) is 0 Å². The van der Waals surface area contributed by atoms with Crippen LogP contribution >= 0.6 is 11.6 Å². The maximum atomic E-state index is 12.9. The van der Waals surface area contributed by atoms with Gasteiger partial charge in [0.15, 0.2) is 0 Å². The molecular weight excluding hydrogens is 408 g/mol. The lowest BCUT2D eigenvalue weighted by atomic mass is 10.0. The molecule has 0 saturated heterocycles. The predicted molar refractivity (Wildman–Crippen MR) is 107 cm³/mol. The molecule has 0 radical (unpaired) electrons. The van der Waals surface area contributed by atoms with E-state index in [9.17, 15) is 16.8 Å². The van der Waals surface area contributed by atoms with E-state index < -0.39 is 20.0 Å². The van der Waals surface area contributed by atoms with Crippen molar-refractivity contribution in [1.29, 1.82) is 0 Å². The zero-order chi connectivity index (χ0) is 19.7. The van der Waals surface area contributed by atoms with E-state index in [1.807, 2.05) is 6.07 Å². The average molecular weight is 429 g/mol. The summed E-state index contributed by atoms with van der Waals surface area (Å²) in [7, 11) is -7.04. The highest BCUT2D eigenvalue weighted by atomic mass is 35.5. The second kappa shape index (κ2) is 7.79. The van der Waals surface area contributed by atoms with E-state index in [2.05, 4.69) is 4.72 Å². The first-order valence-corrected chi connectivity index (χ1v) is 12.1. The van der Waals surface area contributed by atoms with Crippen LogP contribution in [0.4, 0.5) is 5.69 Å². The molecule has 1 heterocycles. The van der Waals surface area contributed by atoms with E-state index in [4.69, 9.17) is 11.6 Å². The lowest BCUT2D eigenvalue weighted by molar-refractivity contribution is 0.391. The summed E-state index contributed by atoms with van der Waals surface area (Å²) in [5.74, 6) is 0.0428. The lowest BCUT2D eigenvalue weighted by Gasteiger charge is -2.28. The monoisotopic (exact) mass is 428 g/mol. The Morgan fingerprint density at radius 3 is 2.41 bits per heavy atom. The highest BCUT2D eigenvalue weighted by Crippen LogP contribution is 2.28. The van der Waals surface area contributed by atoms with Gasteiger partial charge in [-0.3, -0.25) is 4.72 Å². The van der Waals surface area contributed by atoms with Gasteiger partial charge in [-0.2, -0.15) is 4.31 Å². The minimum atomic E-state index is -3.64. The van der Waals surface area contributed by atoms with Crippen molar-refractivity contribution in [2.45, 2.75) is 31.2 Å². The molecule has 0 fully saturated rings. The summed E-state index contributed by atoms with van der Waals surface area (Å²) in [6.45, 7) is 2.37. The Morgan fingerprint density at radius 2 is 1.74 bits per heavy atom. The third kappa shape index (κ3) is 4.63. The summed E-state index contributed by atoms with van der Waals surface area (Å²) in [5.41, 5.74) is 2.28. The van der Waals surface area contributed by atoms with Crippen LogP contribution in [0.25, 0.3) is 0 Å². The largest absolute Gasteiger partial charge is 0.284 e. The number of nitrogens with one attached hydrogen (secondary N) is 1. The quantitative estimate of drug-likeness (QED) is 0.765. The summed E-state index contributed by atoms with van der Waals surface area (Å²) in [5, 5.41) is 0.474. The van der Waals surface area contributed by atoms with Gasteiger partial charge in [-0.25, -0.2) is 16.8 Å². The normalized spacial score (nSPS) is 15.3. The lowest BCUT2D eigenvalue weighted by Crippen LogP contribution is -2.36. The van der Waals surface area contributed by atoms with E-state index >= 15 is 0 Å². The van der Waals surface area contributed by atoms with Gasteiger partial charge in [0.05, 0.1) is 10.6 Å². The fourth-order valence-electron chi connectivity index (χ4n) is 3.05. The van der Waals surface area contributed by atoms with Crippen molar-refractivity contribution >= 4 is 37.3 Å². The molecule has 2 aromatic carbocycles. The Kier molecular flexibility index (Phi) is 5.81. The zero-order valence-corrected chi connectivity index (χ0v) is 17.2. The highest BCUT2D eigenvalue weighted by Gasteiger charge is 2.28. The minimum Gasteiger partial charge on any atom is -0.284 e. The molecule has 0 saturated carbocycles.